The maximum atomic E-state index is 5.75. The molecule has 1 aromatic rings. The number of nitrogens with zero attached hydrogens (tertiary/aromatic N) is 1. The lowest BCUT2D eigenvalue weighted by Crippen LogP contribution is -2.08. The first-order chi connectivity index (χ1) is 4.77. The van der Waals surface area contributed by atoms with E-state index in [1.807, 2.05) is 0 Å². The third-order valence-electron chi connectivity index (χ3n) is 1.88. The molecule has 1 aliphatic heterocycles. The summed E-state index contributed by atoms with van der Waals surface area (Å²) in [6.45, 7) is 2.10. The van der Waals surface area contributed by atoms with Crippen molar-refractivity contribution < 1.29 is 0 Å². The lowest BCUT2D eigenvalue weighted by Gasteiger charge is -2.04. The molecule has 1 aliphatic rings. The van der Waals surface area contributed by atoms with E-state index < -0.39 is 0 Å². The minimum Gasteiger partial charge on any atom is -0.390 e. The Hall–Kier alpha value is -0.540. The maximum Gasteiger partial charge on any atom is 0.0905 e. The lowest BCUT2D eigenvalue weighted by atomic mass is 10.2. The van der Waals surface area contributed by atoms with E-state index in [0.29, 0.717) is 0 Å². The van der Waals surface area contributed by atoms with Crippen molar-refractivity contribution in [3.63, 3.8) is 0 Å². The van der Waals surface area contributed by atoms with Crippen LogP contribution in [0.1, 0.15) is 11.1 Å². The van der Waals surface area contributed by atoms with Crippen LogP contribution < -0.4 is 5.73 Å². The van der Waals surface area contributed by atoms with E-state index >= 15 is 0 Å². The summed E-state index contributed by atoms with van der Waals surface area (Å²) in [5.41, 5.74) is 8.52. The van der Waals surface area contributed by atoms with E-state index in [0.717, 1.165) is 18.1 Å². The molecule has 54 valence electrons. The molecule has 0 spiro atoms. The van der Waals surface area contributed by atoms with E-state index in [-0.39, 0.29) is 0 Å². The largest absolute Gasteiger partial charge is 0.390 e. The number of thiophene rings is 1. The summed E-state index contributed by atoms with van der Waals surface area (Å²) < 4.78 is 0. The second kappa shape index (κ2) is 1.97. The molecule has 3 heteroatoms. The molecular weight excluding hydrogens is 144 g/mol. The second-order valence-corrected chi connectivity index (χ2v) is 3.69. The molecule has 0 atom stereocenters. The van der Waals surface area contributed by atoms with Gasteiger partial charge in [-0.2, -0.15) is 0 Å². The Labute approximate surface area is 64.3 Å². The van der Waals surface area contributed by atoms with E-state index in [9.17, 15) is 0 Å². The number of hydrogen-bond donors (Lipinski definition) is 1. The molecular formula is C7H10N2S. The van der Waals surface area contributed by atoms with Gasteiger partial charge in [-0.05, 0) is 18.0 Å². The summed E-state index contributed by atoms with van der Waals surface area (Å²) in [5, 5.41) is 3.16. The molecule has 0 fully saturated rings. The monoisotopic (exact) mass is 154 g/mol. The summed E-state index contributed by atoms with van der Waals surface area (Å²) in [4.78, 5) is 2.27. The Bertz CT molecular complexity index is 254. The van der Waals surface area contributed by atoms with Crippen LogP contribution in [0.15, 0.2) is 5.38 Å². The molecule has 0 bridgehead atoms. The van der Waals surface area contributed by atoms with Gasteiger partial charge >= 0.3 is 0 Å². The molecule has 0 radical (unpaired) electrons. The third kappa shape index (κ3) is 0.744. The number of nitrogen functional groups attached to an aromatic ring is 1. The maximum absolute atomic E-state index is 5.75. The molecule has 0 aromatic carbocycles. The molecule has 10 heavy (non-hydrogen) atoms. The number of rotatable bonds is 0. The zero-order valence-electron chi connectivity index (χ0n) is 5.92. The van der Waals surface area contributed by atoms with Crippen LogP contribution in [0.25, 0.3) is 0 Å². The first kappa shape index (κ1) is 6.19. The highest BCUT2D eigenvalue weighted by molar-refractivity contribution is 7.14. The van der Waals surface area contributed by atoms with Crippen LogP contribution in [0.2, 0.25) is 0 Å². The lowest BCUT2D eigenvalue weighted by molar-refractivity contribution is 0.353. The van der Waals surface area contributed by atoms with Crippen molar-refractivity contribution in [3.05, 3.63) is 16.5 Å². The van der Waals surface area contributed by atoms with Crippen molar-refractivity contribution in [1.82, 2.24) is 4.90 Å². The number of nitrogens with two attached hydrogens (primary N) is 1. The van der Waals surface area contributed by atoms with E-state index in [1.165, 1.54) is 11.1 Å². The van der Waals surface area contributed by atoms with Gasteiger partial charge in [0.15, 0.2) is 0 Å². The average molecular weight is 154 g/mol. The Balaban J connectivity index is 2.44. The average Bonchev–Trinajstić information content (AvgIpc) is 2.35. The Morgan fingerprint density at radius 1 is 1.60 bits per heavy atom. The van der Waals surface area contributed by atoms with Crippen molar-refractivity contribution in [3.8, 4) is 0 Å². The summed E-state index contributed by atoms with van der Waals surface area (Å²) in [6, 6.07) is 0. The Morgan fingerprint density at radius 2 is 2.40 bits per heavy atom. The normalized spacial score (nSPS) is 17.7. The van der Waals surface area contributed by atoms with Gasteiger partial charge in [-0.1, -0.05) is 0 Å². The van der Waals surface area contributed by atoms with Gasteiger partial charge < -0.3 is 5.73 Å². The summed E-state index contributed by atoms with van der Waals surface area (Å²) in [6.07, 6.45) is 0. The fraction of sp³-hybridized carbons (Fsp3) is 0.429. The Morgan fingerprint density at radius 3 is 3.10 bits per heavy atom. The Kier molecular flexibility index (Phi) is 1.22. The fourth-order valence-electron chi connectivity index (χ4n) is 1.36. The van der Waals surface area contributed by atoms with Crippen LogP contribution in [0.5, 0.6) is 0 Å². The molecule has 2 nitrogen and oxygen atoms in total. The van der Waals surface area contributed by atoms with E-state index in [1.54, 1.807) is 11.3 Å². The molecule has 0 saturated carbocycles. The van der Waals surface area contributed by atoms with Gasteiger partial charge in [0, 0.05) is 18.7 Å². The quantitative estimate of drug-likeness (QED) is 0.610. The predicted octanol–water partition coefficient (Wildman–Crippen LogP) is 1.28. The smallest absolute Gasteiger partial charge is 0.0905 e. The van der Waals surface area contributed by atoms with Crippen LogP contribution in [0.4, 0.5) is 5.00 Å². The van der Waals surface area contributed by atoms with Crippen molar-refractivity contribution in [1.29, 1.82) is 0 Å². The van der Waals surface area contributed by atoms with E-state index in [2.05, 4.69) is 17.3 Å². The molecule has 0 unspecified atom stereocenters. The van der Waals surface area contributed by atoms with Crippen molar-refractivity contribution in [2.75, 3.05) is 12.8 Å². The zero-order chi connectivity index (χ0) is 7.14. The molecule has 0 saturated heterocycles. The number of anilines is 1. The van der Waals surface area contributed by atoms with Crippen molar-refractivity contribution in [2.45, 2.75) is 13.1 Å². The van der Waals surface area contributed by atoms with Crippen LogP contribution >= 0.6 is 11.3 Å². The highest BCUT2D eigenvalue weighted by atomic mass is 32.1. The van der Waals surface area contributed by atoms with Crippen LogP contribution in [0.3, 0.4) is 0 Å². The zero-order valence-corrected chi connectivity index (χ0v) is 6.74. The third-order valence-corrected chi connectivity index (χ3v) is 2.78. The van der Waals surface area contributed by atoms with Gasteiger partial charge in [0.1, 0.15) is 0 Å². The molecule has 0 aliphatic carbocycles. The van der Waals surface area contributed by atoms with Gasteiger partial charge in [-0.3, -0.25) is 4.90 Å². The van der Waals surface area contributed by atoms with Gasteiger partial charge in [-0.25, -0.2) is 0 Å². The summed E-state index contributed by atoms with van der Waals surface area (Å²) in [7, 11) is 2.12. The van der Waals surface area contributed by atoms with E-state index in [4.69, 9.17) is 5.73 Å². The standard InChI is InChI=1S/C7H10N2S/c1-9-2-5-4-10-7(8)6(5)3-9/h4H,2-3,8H2,1H3. The SMILES string of the molecule is CN1Cc2csc(N)c2C1. The summed E-state index contributed by atoms with van der Waals surface area (Å²) in [5.74, 6) is 0. The number of hydrogen-bond acceptors (Lipinski definition) is 3. The molecule has 1 aromatic heterocycles. The van der Waals surface area contributed by atoms with Gasteiger partial charge in [-0.15, -0.1) is 11.3 Å². The van der Waals surface area contributed by atoms with Crippen LogP contribution in [-0.2, 0) is 13.1 Å². The fourth-order valence-corrected chi connectivity index (χ4v) is 2.19. The topological polar surface area (TPSA) is 29.3 Å². The van der Waals surface area contributed by atoms with Crippen LogP contribution in [-0.4, -0.2) is 11.9 Å². The highest BCUT2D eigenvalue weighted by Crippen LogP contribution is 2.31. The molecule has 2 rings (SSSR count). The first-order valence-electron chi connectivity index (χ1n) is 3.30. The first-order valence-corrected chi connectivity index (χ1v) is 4.18. The van der Waals surface area contributed by atoms with Gasteiger partial charge in [0.2, 0.25) is 0 Å². The molecule has 0 amide bonds. The van der Waals surface area contributed by atoms with Gasteiger partial charge in [0.25, 0.3) is 0 Å². The minimum atomic E-state index is 0.999. The summed E-state index contributed by atoms with van der Waals surface area (Å²) >= 11 is 1.66. The predicted molar refractivity (Wildman–Crippen MR) is 43.9 cm³/mol. The van der Waals surface area contributed by atoms with Crippen molar-refractivity contribution in [2.24, 2.45) is 0 Å². The van der Waals surface area contributed by atoms with Crippen molar-refractivity contribution >= 4 is 16.3 Å². The minimum absolute atomic E-state index is 0.999. The molecule has 2 heterocycles. The number of fused-ring (bicyclic) bond motifs is 1. The highest BCUT2D eigenvalue weighted by Gasteiger charge is 2.18. The second-order valence-electron chi connectivity index (χ2n) is 2.78. The van der Waals surface area contributed by atoms with Crippen LogP contribution in [0, 0.1) is 0 Å². The molecule has 2 N–H and O–H groups in total. The van der Waals surface area contributed by atoms with Gasteiger partial charge in [0.05, 0.1) is 5.00 Å².